The van der Waals surface area contributed by atoms with Gasteiger partial charge in [-0.2, -0.15) is 0 Å². The highest BCUT2D eigenvalue weighted by atomic mass is 35.5. The highest BCUT2D eigenvalue weighted by Gasteiger charge is 2.24. The third-order valence-electron chi connectivity index (χ3n) is 2.23. The molecule has 4 N–H and O–H groups in total. The average Bonchev–Trinajstić information content (AvgIpc) is 2.22. The summed E-state index contributed by atoms with van der Waals surface area (Å²) in [5.41, 5.74) is 5.53. The molecule has 0 aliphatic heterocycles. The minimum Gasteiger partial charge on any atom is -0.504 e. The van der Waals surface area contributed by atoms with Gasteiger partial charge in [0.1, 0.15) is 0 Å². The lowest BCUT2D eigenvalue weighted by Gasteiger charge is -2.14. The van der Waals surface area contributed by atoms with Gasteiger partial charge in [0.25, 0.3) is 0 Å². The van der Waals surface area contributed by atoms with Gasteiger partial charge in [0.05, 0.1) is 18.1 Å². The van der Waals surface area contributed by atoms with Gasteiger partial charge in [-0.05, 0) is 6.07 Å². The van der Waals surface area contributed by atoms with Crippen molar-refractivity contribution in [3.8, 4) is 11.5 Å². The lowest BCUT2D eigenvalue weighted by Crippen LogP contribution is -2.21. The minimum absolute atomic E-state index is 0.0545. The highest BCUT2D eigenvalue weighted by Crippen LogP contribution is 2.39. The molecule has 0 amide bonds. The van der Waals surface area contributed by atoms with Crippen LogP contribution in [0.2, 0.25) is 5.02 Å². The number of hydrogen-bond donors (Lipinski definition) is 3. The van der Waals surface area contributed by atoms with E-state index in [2.05, 4.69) is 0 Å². The summed E-state index contributed by atoms with van der Waals surface area (Å²) in [6, 6.07) is 2.88. The second-order valence-electron chi connectivity index (χ2n) is 3.14. The van der Waals surface area contributed by atoms with E-state index in [0.29, 0.717) is 0 Å². The summed E-state index contributed by atoms with van der Waals surface area (Å²) in [7, 11) is 1.34. The van der Waals surface area contributed by atoms with E-state index < -0.39 is 11.9 Å². The molecule has 6 heteroatoms. The Morgan fingerprint density at radius 2 is 2.25 bits per heavy atom. The summed E-state index contributed by atoms with van der Waals surface area (Å²) in [5.74, 6) is -2.32. The van der Waals surface area contributed by atoms with Gasteiger partial charge in [0.2, 0.25) is 0 Å². The van der Waals surface area contributed by atoms with Gasteiger partial charge in [0.15, 0.2) is 11.5 Å². The summed E-state index contributed by atoms with van der Waals surface area (Å²) in [5, 5.41) is 18.9. The lowest BCUT2D eigenvalue weighted by molar-refractivity contribution is -0.138. The van der Waals surface area contributed by atoms with E-state index in [0.717, 1.165) is 0 Å². The fourth-order valence-electron chi connectivity index (χ4n) is 1.40. The predicted molar refractivity (Wildman–Crippen MR) is 59.1 cm³/mol. The van der Waals surface area contributed by atoms with Gasteiger partial charge in [-0.15, -0.1) is 0 Å². The van der Waals surface area contributed by atoms with Crippen LogP contribution in [0.1, 0.15) is 11.5 Å². The predicted octanol–water partition coefficient (Wildman–Crippen LogP) is 1.18. The highest BCUT2D eigenvalue weighted by molar-refractivity contribution is 6.32. The number of aliphatic carboxylic acids is 1. The smallest absolute Gasteiger partial charge is 0.312 e. The van der Waals surface area contributed by atoms with Crippen LogP contribution in [0.3, 0.4) is 0 Å². The maximum absolute atomic E-state index is 10.9. The van der Waals surface area contributed by atoms with Crippen LogP contribution in [-0.2, 0) is 4.79 Å². The molecule has 0 bridgehead atoms. The molecular weight excluding hydrogens is 234 g/mol. The summed E-state index contributed by atoms with van der Waals surface area (Å²) in [6.07, 6.45) is 0. The van der Waals surface area contributed by atoms with E-state index in [1.165, 1.54) is 19.2 Å². The molecule has 5 nitrogen and oxygen atoms in total. The molecule has 1 aromatic rings. The molecule has 0 radical (unpaired) electrons. The van der Waals surface area contributed by atoms with Gasteiger partial charge >= 0.3 is 5.97 Å². The number of ether oxygens (including phenoxy) is 1. The largest absolute Gasteiger partial charge is 0.504 e. The number of carbonyl (C=O) groups is 1. The SMILES string of the molecule is COc1c(Cl)ccc(C(CN)C(=O)O)c1O. The monoisotopic (exact) mass is 245 g/mol. The topological polar surface area (TPSA) is 92.8 Å². The van der Waals surface area contributed by atoms with Crippen molar-refractivity contribution in [1.29, 1.82) is 0 Å². The van der Waals surface area contributed by atoms with Crippen LogP contribution in [0.4, 0.5) is 0 Å². The van der Waals surface area contributed by atoms with Crippen molar-refractivity contribution < 1.29 is 19.7 Å². The van der Waals surface area contributed by atoms with E-state index in [1.54, 1.807) is 0 Å². The van der Waals surface area contributed by atoms with Gasteiger partial charge in [0, 0.05) is 12.1 Å². The average molecular weight is 246 g/mol. The summed E-state index contributed by atoms with van der Waals surface area (Å²) in [4.78, 5) is 10.9. The van der Waals surface area contributed by atoms with Crippen molar-refractivity contribution in [2.75, 3.05) is 13.7 Å². The number of halogens is 1. The van der Waals surface area contributed by atoms with E-state index in [1.807, 2.05) is 0 Å². The second-order valence-corrected chi connectivity index (χ2v) is 3.55. The molecule has 16 heavy (non-hydrogen) atoms. The van der Waals surface area contributed by atoms with Crippen LogP contribution >= 0.6 is 11.6 Å². The molecule has 1 unspecified atom stereocenters. The number of carboxylic acids is 1. The summed E-state index contributed by atoms with van der Waals surface area (Å²) >= 11 is 5.77. The Labute approximate surface area is 97.4 Å². The first kappa shape index (κ1) is 12.6. The van der Waals surface area contributed by atoms with Crippen molar-refractivity contribution in [2.45, 2.75) is 5.92 Å². The molecule has 1 atom stereocenters. The normalized spacial score (nSPS) is 12.2. The van der Waals surface area contributed by atoms with Crippen molar-refractivity contribution >= 4 is 17.6 Å². The maximum atomic E-state index is 10.9. The molecule has 0 saturated heterocycles. The Morgan fingerprint density at radius 3 is 2.69 bits per heavy atom. The summed E-state index contributed by atoms with van der Waals surface area (Å²) < 4.78 is 4.88. The van der Waals surface area contributed by atoms with E-state index in [-0.39, 0.29) is 28.6 Å². The zero-order valence-corrected chi connectivity index (χ0v) is 9.36. The van der Waals surface area contributed by atoms with Gasteiger partial charge in [-0.1, -0.05) is 17.7 Å². The second kappa shape index (κ2) is 5.05. The van der Waals surface area contributed by atoms with Crippen LogP contribution in [0.25, 0.3) is 0 Å². The number of nitrogens with two attached hydrogens (primary N) is 1. The number of methoxy groups -OCH3 is 1. The quantitative estimate of drug-likeness (QED) is 0.741. The number of phenolic OH excluding ortho intramolecular Hbond substituents is 1. The molecule has 88 valence electrons. The molecule has 0 heterocycles. The zero-order chi connectivity index (χ0) is 12.3. The maximum Gasteiger partial charge on any atom is 0.312 e. The third kappa shape index (κ3) is 2.20. The van der Waals surface area contributed by atoms with Crippen LogP contribution < -0.4 is 10.5 Å². The molecule has 1 rings (SSSR count). The Kier molecular flexibility index (Phi) is 3.98. The molecule has 1 aromatic carbocycles. The summed E-state index contributed by atoms with van der Waals surface area (Å²) in [6.45, 7) is -0.117. The van der Waals surface area contributed by atoms with Crippen molar-refractivity contribution in [2.24, 2.45) is 5.73 Å². The Morgan fingerprint density at radius 1 is 1.62 bits per heavy atom. The molecule has 0 spiro atoms. The molecule has 0 fully saturated rings. The first-order valence-electron chi connectivity index (χ1n) is 4.51. The van der Waals surface area contributed by atoms with Crippen molar-refractivity contribution in [1.82, 2.24) is 0 Å². The number of phenols is 1. The Hall–Kier alpha value is -1.46. The third-order valence-corrected chi connectivity index (χ3v) is 2.53. The first-order valence-corrected chi connectivity index (χ1v) is 4.89. The first-order chi connectivity index (χ1) is 7.52. The van der Waals surface area contributed by atoms with Crippen LogP contribution in [0.5, 0.6) is 11.5 Å². The Balaban J connectivity index is 3.29. The van der Waals surface area contributed by atoms with E-state index >= 15 is 0 Å². The zero-order valence-electron chi connectivity index (χ0n) is 8.61. The molecule has 0 saturated carbocycles. The molecule has 0 aliphatic rings. The van der Waals surface area contributed by atoms with E-state index in [4.69, 9.17) is 27.2 Å². The number of aromatic hydroxyl groups is 1. The molecular formula is C10H12ClNO4. The van der Waals surface area contributed by atoms with Crippen LogP contribution in [0, 0.1) is 0 Å². The fraction of sp³-hybridized carbons (Fsp3) is 0.300. The van der Waals surface area contributed by atoms with Crippen molar-refractivity contribution in [3.05, 3.63) is 22.7 Å². The standard InChI is InChI=1S/C10H12ClNO4/c1-16-9-7(11)3-2-5(8(9)13)6(4-12)10(14)15/h2-3,6,13H,4,12H2,1H3,(H,14,15). The Bertz CT molecular complexity index is 408. The van der Waals surface area contributed by atoms with Crippen molar-refractivity contribution in [3.63, 3.8) is 0 Å². The van der Waals surface area contributed by atoms with Gasteiger partial charge in [-0.3, -0.25) is 4.79 Å². The van der Waals surface area contributed by atoms with Gasteiger partial charge < -0.3 is 20.7 Å². The number of benzene rings is 1. The lowest BCUT2D eigenvalue weighted by atomic mass is 9.98. The molecule has 0 aliphatic carbocycles. The molecule has 0 aromatic heterocycles. The minimum atomic E-state index is -1.11. The fourth-order valence-corrected chi connectivity index (χ4v) is 1.63. The number of rotatable bonds is 4. The number of hydrogen-bond acceptors (Lipinski definition) is 4. The van der Waals surface area contributed by atoms with Crippen LogP contribution in [-0.4, -0.2) is 29.8 Å². The van der Waals surface area contributed by atoms with E-state index in [9.17, 15) is 9.90 Å². The van der Waals surface area contributed by atoms with Crippen LogP contribution in [0.15, 0.2) is 12.1 Å². The van der Waals surface area contributed by atoms with Gasteiger partial charge in [-0.25, -0.2) is 0 Å². The number of carboxylic acid groups (broad SMARTS) is 1.